The molecule has 1 aromatic heterocycles. The maximum atomic E-state index is 11.2. The number of benzene rings is 1. The highest BCUT2D eigenvalue weighted by Gasteiger charge is 2.01. The first-order valence-electron chi connectivity index (χ1n) is 7.15. The van der Waals surface area contributed by atoms with E-state index in [0.717, 1.165) is 30.7 Å². The fraction of sp³-hybridized carbons (Fsp3) is 0.294. The SMILES string of the molecule is C=CC(=O)OCCCCCOc1ccc2ccc(=O)oc2c1. The molecule has 1 heterocycles. The van der Waals surface area contributed by atoms with Crippen LogP contribution in [0.5, 0.6) is 5.75 Å². The first kappa shape index (κ1) is 15.8. The smallest absolute Gasteiger partial charge is 0.336 e. The van der Waals surface area contributed by atoms with Gasteiger partial charge in [-0.1, -0.05) is 6.58 Å². The first-order chi connectivity index (χ1) is 10.7. The molecule has 2 aromatic rings. The van der Waals surface area contributed by atoms with Crippen LogP contribution in [0.4, 0.5) is 0 Å². The number of carbonyl (C=O) groups excluding carboxylic acids is 1. The van der Waals surface area contributed by atoms with Crippen molar-refractivity contribution in [3.63, 3.8) is 0 Å². The molecule has 0 amide bonds. The van der Waals surface area contributed by atoms with E-state index in [-0.39, 0.29) is 5.63 Å². The Labute approximate surface area is 128 Å². The van der Waals surface area contributed by atoms with Gasteiger partial charge in [0.15, 0.2) is 0 Å². The summed E-state index contributed by atoms with van der Waals surface area (Å²) < 4.78 is 15.6. The van der Waals surface area contributed by atoms with Crippen molar-refractivity contribution in [2.45, 2.75) is 19.3 Å². The van der Waals surface area contributed by atoms with Gasteiger partial charge in [0.1, 0.15) is 11.3 Å². The number of carbonyl (C=O) groups is 1. The monoisotopic (exact) mass is 302 g/mol. The molecule has 0 aliphatic carbocycles. The summed E-state index contributed by atoms with van der Waals surface area (Å²) in [5.74, 6) is 0.272. The number of hydrogen-bond acceptors (Lipinski definition) is 5. The summed E-state index contributed by atoms with van der Waals surface area (Å²) in [5, 5.41) is 0.857. The zero-order chi connectivity index (χ0) is 15.8. The fourth-order valence-corrected chi connectivity index (χ4v) is 1.93. The average molecular weight is 302 g/mol. The lowest BCUT2D eigenvalue weighted by Crippen LogP contribution is -2.03. The maximum Gasteiger partial charge on any atom is 0.336 e. The molecule has 0 N–H and O–H groups in total. The van der Waals surface area contributed by atoms with Crippen LogP contribution in [0.2, 0.25) is 0 Å². The number of ether oxygens (including phenoxy) is 2. The molecular weight excluding hydrogens is 284 g/mol. The van der Waals surface area contributed by atoms with Gasteiger partial charge < -0.3 is 13.9 Å². The topological polar surface area (TPSA) is 65.7 Å². The number of unbranched alkanes of at least 4 members (excludes halogenated alkanes) is 2. The lowest BCUT2D eigenvalue weighted by Gasteiger charge is -2.07. The molecular formula is C17H18O5. The van der Waals surface area contributed by atoms with E-state index in [1.165, 1.54) is 6.07 Å². The van der Waals surface area contributed by atoms with Gasteiger partial charge in [0.2, 0.25) is 0 Å². The molecule has 0 unspecified atom stereocenters. The predicted molar refractivity (Wildman–Crippen MR) is 83.0 cm³/mol. The van der Waals surface area contributed by atoms with Crippen molar-refractivity contribution in [2.24, 2.45) is 0 Å². The molecule has 5 nitrogen and oxygen atoms in total. The van der Waals surface area contributed by atoms with E-state index >= 15 is 0 Å². The van der Waals surface area contributed by atoms with Gasteiger partial charge >= 0.3 is 11.6 Å². The van der Waals surface area contributed by atoms with E-state index in [4.69, 9.17) is 13.9 Å². The highest BCUT2D eigenvalue weighted by molar-refractivity contribution is 5.81. The molecule has 0 aliphatic rings. The zero-order valence-corrected chi connectivity index (χ0v) is 12.2. The van der Waals surface area contributed by atoms with Crippen LogP contribution in [0.15, 0.2) is 52.2 Å². The first-order valence-corrected chi connectivity index (χ1v) is 7.15. The molecule has 22 heavy (non-hydrogen) atoms. The summed E-state index contributed by atoms with van der Waals surface area (Å²) in [6.07, 6.45) is 3.69. The molecule has 0 saturated carbocycles. The number of hydrogen-bond donors (Lipinski definition) is 0. The Morgan fingerprint density at radius 2 is 1.91 bits per heavy atom. The standard InChI is InChI=1S/C17H18O5/c1-2-16(18)21-11-5-3-4-10-20-14-8-6-13-7-9-17(19)22-15(13)12-14/h2,6-9,12H,1,3-5,10-11H2. The van der Waals surface area contributed by atoms with Gasteiger partial charge in [-0.2, -0.15) is 0 Å². The second-order valence-corrected chi connectivity index (χ2v) is 4.73. The Morgan fingerprint density at radius 3 is 2.73 bits per heavy atom. The summed E-state index contributed by atoms with van der Waals surface area (Å²) in [7, 11) is 0. The van der Waals surface area contributed by atoms with E-state index in [1.807, 2.05) is 12.1 Å². The van der Waals surface area contributed by atoms with Crippen molar-refractivity contribution < 1.29 is 18.7 Å². The normalized spacial score (nSPS) is 10.4. The van der Waals surface area contributed by atoms with Crippen LogP contribution in [0.3, 0.4) is 0 Å². The minimum Gasteiger partial charge on any atom is -0.493 e. The second-order valence-electron chi connectivity index (χ2n) is 4.73. The van der Waals surface area contributed by atoms with Crippen LogP contribution in [0.25, 0.3) is 11.0 Å². The Balaban J connectivity index is 1.72. The van der Waals surface area contributed by atoms with E-state index < -0.39 is 5.97 Å². The molecule has 2 rings (SSSR count). The Morgan fingerprint density at radius 1 is 1.14 bits per heavy atom. The van der Waals surface area contributed by atoms with E-state index in [2.05, 4.69) is 6.58 Å². The molecule has 0 saturated heterocycles. The lowest BCUT2D eigenvalue weighted by atomic mass is 10.2. The van der Waals surface area contributed by atoms with E-state index in [1.54, 1.807) is 12.1 Å². The predicted octanol–water partition coefficient (Wildman–Crippen LogP) is 3.07. The van der Waals surface area contributed by atoms with Gasteiger partial charge in [-0.05, 0) is 37.5 Å². The van der Waals surface area contributed by atoms with Crippen molar-refractivity contribution in [3.05, 3.63) is 53.4 Å². The van der Waals surface area contributed by atoms with Gasteiger partial charge in [-0.15, -0.1) is 0 Å². The quantitative estimate of drug-likeness (QED) is 0.324. The average Bonchev–Trinajstić information content (AvgIpc) is 2.53. The van der Waals surface area contributed by atoms with Crippen molar-refractivity contribution in [2.75, 3.05) is 13.2 Å². The van der Waals surface area contributed by atoms with Crippen LogP contribution < -0.4 is 10.4 Å². The summed E-state index contributed by atoms with van der Waals surface area (Å²) in [4.78, 5) is 22.0. The third-order valence-electron chi connectivity index (χ3n) is 3.06. The van der Waals surface area contributed by atoms with Gasteiger partial charge in [-0.3, -0.25) is 0 Å². The molecule has 1 aromatic carbocycles. The number of esters is 1. The molecule has 5 heteroatoms. The van der Waals surface area contributed by atoms with Gasteiger partial charge in [0.25, 0.3) is 0 Å². The van der Waals surface area contributed by atoms with Crippen molar-refractivity contribution in [1.82, 2.24) is 0 Å². The van der Waals surface area contributed by atoms with Crippen LogP contribution >= 0.6 is 0 Å². The van der Waals surface area contributed by atoms with Crippen LogP contribution in [-0.2, 0) is 9.53 Å². The maximum absolute atomic E-state index is 11.2. The highest BCUT2D eigenvalue weighted by Crippen LogP contribution is 2.19. The minimum absolute atomic E-state index is 0.376. The van der Waals surface area contributed by atoms with E-state index in [0.29, 0.717) is 24.5 Å². The van der Waals surface area contributed by atoms with Gasteiger partial charge in [-0.25, -0.2) is 9.59 Å². The summed E-state index contributed by atoms with van der Waals surface area (Å²) in [6.45, 7) is 4.28. The van der Waals surface area contributed by atoms with Crippen molar-refractivity contribution in [1.29, 1.82) is 0 Å². The van der Waals surface area contributed by atoms with Crippen LogP contribution in [0.1, 0.15) is 19.3 Å². The van der Waals surface area contributed by atoms with Crippen LogP contribution in [-0.4, -0.2) is 19.2 Å². The molecule has 0 bridgehead atoms. The molecule has 0 spiro atoms. The lowest BCUT2D eigenvalue weighted by molar-refractivity contribution is -0.137. The largest absolute Gasteiger partial charge is 0.493 e. The summed E-state index contributed by atoms with van der Waals surface area (Å²) in [5.41, 5.74) is 0.139. The van der Waals surface area contributed by atoms with Crippen LogP contribution in [0, 0.1) is 0 Å². The molecule has 0 fully saturated rings. The van der Waals surface area contributed by atoms with Gasteiger partial charge in [0.05, 0.1) is 13.2 Å². The van der Waals surface area contributed by atoms with Crippen molar-refractivity contribution in [3.8, 4) is 5.75 Å². The highest BCUT2D eigenvalue weighted by atomic mass is 16.5. The third-order valence-corrected chi connectivity index (χ3v) is 3.06. The molecule has 116 valence electrons. The number of rotatable bonds is 8. The third kappa shape index (κ3) is 4.77. The Hall–Kier alpha value is -2.56. The zero-order valence-electron chi connectivity index (χ0n) is 12.2. The van der Waals surface area contributed by atoms with Gasteiger partial charge in [0, 0.05) is 23.6 Å². The molecule has 0 aliphatic heterocycles. The Kier molecular flexibility index (Phi) is 5.77. The fourth-order valence-electron chi connectivity index (χ4n) is 1.93. The second kappa shape index (κ2) is 8.02. The minimum atomic E-state index is -0.395. The van der Waals surface area contributed by atoms with Crippen molar-refractivity contribution >= 4 is 16.9 Å². The Bertz CT molecular complexity index is 702. The molecule has 0 radical (unpaired) electrons. The summed E-state index contributed by atoms with van der Waals surface area (Å²) in [6, 6.07) is 8.51. The summed E-state index contributed by atoms with van der Waals surface area (Å²) >= 11 is 0. The van der Waals surface area contributed by atoms with E-state index in [9.17, 15) is 9.59 Å². The molecule has 0 atom stereocenters. The number of fused-ring (bicyclic) bond motifs is 1.